The second-order valence-corrected chi connectivity index (χ2v) is 10.1. The van der Waals surface area contributed by atoms with Crippen LogP contribution in [0.1, 0.15) is 31.8 Å². The number of allylic oxidation sites excluding steroid dienone is 1. The Balaban J connectivity index is 1.51. The highest BCUT2D eigenvalue weighted by atomic mass is 35.5. The fraction of sp³-hybridized carbons (Fsp3) is 0. The predicted octanol–water partition coefficient (Wildman–Crippen LogP) is 8.61. The molecule has 4 aromatic carbocycles. The summed E-state index contributed by atoms with van der Waals surface area (Å²) in [6.07, 6.45) is 4.46. The standard InChI is InChI=1S/C31H20Cl4N2O3/c32-23-11-6-19(26(34)17-23)10-15-29(38)20-8-13-25(14-9-20)36-31(40)28(16-22-7-12-24(33)18-27(22)35)37-30(39)21-4-2-1-3-5-21/h1-18H,(H,36,40)(H,37,39)/b15-10+,28-16-. The lowest BCUT2D eigenvalue weighted by molar-refractivity contribution is -0.113. The van der Waals surface area contributed by atoms with Crippen LogP contribution in [0.3, 0.4) is 0 Å². The third-order valence-electron chi connectivity index (χ3n) is 5.60. The second-order valence-electron chi connectivity index (χ2n) is 8.44. The van der Waals surface area contributed by atoms with Crippen molar-refractivity contribution >= 4 is 81.8 Å². The molecular weight excluding hydrogens is 590 g/mol. The molecule has 0 aliphatic heterocycles. The van der Waals surface area contributed by atoms with Crippen LogP contribution < -0.4 is 10.6 Å². The van der Waals surface area contributed by atoms with Crippen molar-refractivity contribution in [2.24, 2.45) is 0 Å². The van der Waals surface area contributed by atoms with E-state index >= 15 is 0 Å². The molecule has 40 heavy (non-hydrogen) atoms. The zero-order valence-electron chi connectivity index (χ0n) is 20.6. The molecule has 0 bridgehead atoms. The maximum atomic E-state index is 13.2. The van der Waals surface area contributed by atoms with Crippen LogP contribution in [0.15, 0.2) is 103 Å². The molecule has 0 spiro atoms. The topological polar surface area (TPSA) is 75.3 Å². The van der Waals surface area contributed by atoms with E-state index in [9.17, 15) is 14.4 Å². The van der Waals surface area contributed by atoms with Gasteiger partial charge >= 0.3 is 0 Å². The number of anilines is 1. The molecular formula is C31H20Cl4N2O3. The van der Waals surface area contributed by atoms with E-state index in [0.717, 1.165) is 0 Å². The highest BCUT2D eigenvalue weighted by Crippen LogP contribution is 2.24. The van der Waals surface area contributed by atoms with Crippen molar-refractivity contribution in [1.82, 2.24) is 5.32 Å². The molecule has 2 amide bonds. The van der Waals surface area contributed by atoms with E-state index < -0.39 is 11.8 Å². The maximum absolute atomic E-state index is 13.2. The van der Waals surface area contributed by atoms with Gasteiger partial charge in [-0.3, -0.25) is 14.4 Å². The minimum absolute atomic E-state index is 0.0407. The molecule has 5 nitrogen and oxygen atoms in total. The van der Waals surface area contributed by atoms with E-state index in [1.807, 2.05) is 0 Å². The molecule has 0 atom stereocenters. The summed E-state index contributed by atoms with van der Waals surface area (Å²) in [6.45, 7) is 0. The Morgan fingerprint density at radius 1 is 0.650 bits per heavy atom. The number of rotatable bonds is 8. The summed E-state index contributed by atoms with van der Waals surface area (Å²) < 4.78 is 0. The van der Waals surface area contributed by atoms with Crippen molar-refractivity contribution in [3.63, 3.8) is 0 Å². The Hall–Kier alpha value is -3.87. The molecule has 0 aromatic heterocycles. The van der Waals surface area contributed by atoms with E-state index in [2.05, 4.69) is 10.6 Å². The first-order valence-electron chi connectivity index (χ1n) is 11.8. The van der Waals surface area contributed by atoms with Crippen molar-refractivity contribution in [1.29, 1.82) is 0 Å². The number of nitrogens with one attached hydrogen (secondary N) is 2. The highest BCUT2D eigenvalue weighted by molar-refractivity contribution is 6.36. The summed E-state index contributed by atoms with van der Waals surface area (Å²) in [5, 5.41) is 7.06. The molecule has 4 aromatic rings. The summed E-state index contributed by atoms with van der Waals surface area (Å²) in [7, 11) is 0. The zero-order chi connectivity index (χ0) is 28.6. The van der Waals surface area contributed by atoms with Crippen LogP contribution in [0.25, 0.3) is 12.2 Å². The summed E-state index contributed by atoms with van der Waals surface area (Å²) in [4.78, 5) is 38.7. The molecule has 0 radical (unpaired) electrons. The smallest absolute Gasteiger partial charge is 0.272 e. The van der Waals surface area contributed by atoms with Gasteiger partial charge in [-0.25, -0.2) is 0 Å². The average molecular weight is 610 g/mol. The summed E-state index contributed by atoms with van der Waals surface area (Å²) >= 11 is 24.4. The van der Waals surface area contributed by atoms with Gasteiger partial charge in [0, 0.05) is 36.9 Å². The number of carbonyl (C=O) groups excluding carboxylic acids is 3. The number of ketones is 1. The van der Waals surface area contributed by atoms with Gasteiger partial charge in [0.15, 0.2) is 5.78 Å². The molecule has 0 fully saturated rings. The van der Waals surface area contributed by atoms with Gasteiger partial charge in [0.2, 0.25) is 0 Å². The Morgan fingerprint density at radius 3 is 1.85 bits per heavy atom. The number of carbonyl (C=O) groups is 3. The fourth-order valence-electron chi connectivity index (χ4n) is 3.53. The van der Waals surface area contributed by atoms with Gasteiger partial charge in [-0.05, 0) is 90.0 Å². The number of hydrogen-bond donors (Lipinski definition) is 2. The van der Waals surface area contributed by atoms with Crippen LogP contribution in [0.4, 0.5) is 5.69 Å². The maximum Gasteiger partial charge on any atom is 0.272 e. The molecule has 4 rings (SSSR count). The van der Waals surface area contributed by atoms with Crippen LogP contribution in [0, 0.1) is 0 Å². The van der Waals surface area contributed by atoms with Gasteiger partial charge in [0.25, 0.3) is 11.8 Å². The second kappa shape index (κ2) is 13.5. The number of amides is 2. The first kappa shape index (κ1) is 29.1. The van der Waals surface area contributed by atoms with E-state index in [4.69, 9.17) is 46.4 Å². The van der Waals surface area contributed by atoms with Crippen molar-refractivity contribution in [3.8, 4) is 0 Å². The zero-order valence-corrected chi connectivity index (χ0v) is 23.7. The minimum Gasteiger partial charge on any atom is -0.321 e. The van der Waals surface area contributed by atoms with Gasteiger partial charge in [0.05, 0.1) is 0 Å². The monoisotopic (exact) mass is 608 g/mol. The molecule has 0 heterocycles. The quantitative estimate of drug-likeness (QED) is 0.155. The average Bonchev–Trinajstić information content (AvgIpc) is 2.94. The highest BCUT2D eigenvalue weighted by Gasteiger charge is 2.16. The van der Waals surface area contributed by atoms with Crippen molar-refractivity contribution in [2.45, 2.75) is 0 Å². The van der Waals surface area contributed by atoms with Gasteiger partial charge in [-0.1, -0.05) is 76.7 Å². The van der Waals surface area contributed by atoms with Crippen molar-refractivity contribution in [3.05, 3.63) is 145 Å². The molecule has 0 saturated carbocycles. The first-order chi connectivity index (χ1) is 19.2. The molecule has 9 heteroatoms. The SMILES string of the molecule is O=C(Nc1ccc(C(=O)/C=C/c2ccc(Cl)cc2Cl)cc1)/C(=C/c1ccc(Cl)cc1Cl)NC(=O)c1ccccc1. The molecule has 0 saturated heterocycles. The van der Waals surface area contributed by atoms with E-state index in [1.54, 1.807) is 91.0 Å². The van der Waals surface area contributed by atoms with Crippen LogP contribution in [0.5, 0.6) is 0 Å². The fourth-order valence-corrected chi connectivity index (χ4v) is 4.47. The molecule has 0 aliphatic rings. The van der Waals surface area contributed by atoms with Gasteiger partial charge < -0.3 is 10.6 Å². The van der Waals surface area contributed by atoms with Crippen LogP contribution in [0.2, 0.25) is 20.1 Å². The Morgan fingerprint density at radius 2 is 1.25 bits per heavy atom. The lowest BCUT2D eigenvalue weighted by Gasteiger charge is -2.12. The summed E-state index contributed by atoms with van der Waals surface area (Å²) in [5.41, 5.74) is 2.29. The summed E-state index contributed by atoms with van der Waals surface area (Å²) in [6, 6.07) is 24.6. The first-order valence-corrected chi connectivity index (χ1v) is 13.3. The summed E-state index contributed by atoms with van der Waals surface area (Å²) in [5.74, 6) is -1.32. The number of halogens is 4. The predicted molar refractivity (Wildman–Crippen MR) is 163 cm³/mol. The lowest BCUT2D eigenvalue weighted by Crippen LogP contribution is -2.30. The third-order valence-corrected chi connectivity index (χ3v) is 6.72. The molecule has 200 valence electrons. The van der Waals surface area contributed by atoms with E-state index in [-0.39, 0.29) is 11.5 Å². The van der Waals surface area contributed by atoms with Crippen molar-refractivity contribution in [2.75, 3.05) is 5.32 Å². The van der Waals surface area contributed by atoms with Gasteiger partial charge in [0.1, 0.15) is 5.70 Å². The van der Waals surface area contributed by atoms with Gasteiger partial charge in [-0.2, -0.15) is 0 Å². The number of benzene rings is 4. The largest absolute Gasteiger partial charge is 0.321 e. The molecule has 0 aliphatic carbocycles. The number of hydrogen-bond acceptors (Lipinski definition) is 3. The Kier molecular flexibility index (Phi) is 9.80. The van der Waals surface area contributed by atoms with Crippen LogP contribution in [-0.2, 0) is 4.79 Å². The Bertz CT molecular complexity index is 1630. The Labute approximate surface area is 251 Å². The van der Waals surface area contributed by atoms with Crippen molar-refractivity contribution < 1.29 is 14.4 Å². The van der Waals surface area contributed by atoms with E-state index in [0.29, 0.717) is 48.0 Å². The molecule has 0 unspecified atom stereocenters. The van der Waals surface area contributed by atoms with E-state index in [1.165, 1.54) is 18.2 Å². The minimum atomic E-state index is -0.591. The lowest BCUT2D eigenvalue weighted by atomic mass is 10.1. The van der Waals surface area contributed by atoms with Crippen LogP contribution in [-0.4, -0.2) is 17.6 Å². The van der Waals surface area contributed by atoms with Gasteiger partial charge in [-0.15, -0.1) is 0 Å². The normalized spacial score (nSPS) is 11.3. The molecule has 2 N–H and O–H groups in total. The van der Waals surface area contributed by atoms with Crippen LogP contribution >= 0.6 is 46.4 Å². The third kappa shape index (κ3) is 7.84.